The predicted molar refractivity (Wildman–Crippen MR) is 321 cm³/mol. The molecule has 0 spiro atoms. The molecule has 464 valence electrons. The fourth-order valence-corrected chi connectivity index (χ4v) is 71.0. The molecular weight excluding hydrogens is 1560 g/mol. The molecule has 24 nitrogen and oxygen atoms in total. The summed E-state index contributed by atoms with van der Waals surface area (Å²) in [5.41, 5.74) is 0. The van der Waals surface area contributed by atoms with Crippen molar-refractivity contribution < 1.29 is 114 Å². The van der Waals surface area contributed by atoms with Crippen molar-refractivity contribution in [2.75, 3.05) is 85.3 Å². The van der Waals surface area contributed by atoms with E-state index in [0.717, 1.165) is 85.3 Å². The van der Waals surface area contributed by atoms with E-state index in [1.54, 1.807) is 49.1 Å². The second-order valence-electron chi connectivity index (χ2n) is 18.2. The molecular formula is C56H76O24SiSn4. The van der Waals surface area contributed by atoms with Gasteiger partial charge in [-0.3, -0.25) is 0 Å². The van der Waals surface area contributed by atoms with Gasteiger partial charge >= 0.3 is 517 Å². The number of rotatable bonds is 36. The Bertz CT molecular complexity index is 2100. The van der Waals surface area contributed by atoms with Crippen LogP contribution < -0.4 is 0 Å². The molecule has 0 radical (unpaired) electrons. The molecule has 0 rings (SSSR count). The van der Waals surface area contributed by atoms with E-state index in [1.807, 2.05) is 0 Å². The van der Waals surface area contributed by atoms with Crippen LogP contribution in [0.15, 0.2) is 122 Å². The van der Waals surface area contributed by atoms with Crippen LogP contribution in [0.1, 0.15) is 0 Å². The molecule has 0 bridgehead atoms. The molecule has 0 saturated carbocycles. The third-order valence-electron chi connectivity index (χ3n) is 13.1. The number of hydrogen-bond acceptors (Lipinski definition) is 24. The topological polar surface area (TPSA) is 316 Å². The monoisotopic (exact) mass is 1640 g/mol. The number of esters is 12. The fourth-order valence-electron chi connectivity index (χ4n) is 7.84. The standard InChI is InChI=1S/C8H16Si.12C4H5O2.4Sn/c1-5-9(6-2,7-3)8-4;12*1-3-4(5)6-2;;;;/h1-8H2;12*1,3H,2H3;;;;. The SMILES string of the molecule is COC(=O)/C=[CH]\[Sn](/[CH]=C/C(=O)OC)(/[CH]=C/C(=O)OC)[CH2]C[Si](C[CH2][Sn](/[CH]=C\C(=O)OC)(/[CH]=C/C(=O)OC)/[CH]=C/C(=O)OC)(C[CH2][Sn](/[CH]=C/C(=O)OC)(/[CH]=C/C(=O)OC)/[CH]=C/C(=O)OC)C[CH2][Sn](/[CH]=C/C(=O)OC)(/[CH]=C/C(=O)OC)/[CH]=C/C(=O)OC. The van der Waals surface area contributed by atoms with E-state index in [4.69, 9.17) is 56.8 Å². The number of ether oxygens (including phenoxy) is 12. The molecule has 0 aliphatic heterocycles. The average molecular weight is 1640 g/mol. The van der Waals surface area contributed by atoms with Crippen molar-refractivity contribution in [1.29, 1.82) is 0 Å². The van der Waals surface area contributed by atoms with Crippen molar-refractivity contribution in [2.24, 2.45) is 0 Å². The van der Waals surface area contributed by atoms with Crippen LogP contribution >= 0.6 is 0 Å². The molecule has 0 aliphatic rings. The van der Waals surface area contributed by atoms with E-state index in [9.17, 15) is 57.5 Å². The minimum absolute atomic E-state index is 0.124. The van der Waals surface area contributed by atoms with Crippen LogP contribution in [0.4, 0.5) is 0 Å². The first-order valence-corrected chi connectivity index (χ1v) is 56.2. The number of hydrogen-bond donors (Lipinski definition) is 0. The zero-order valence-electron chi connectivity index (χ0n) is 49.8. The van der Waals surface area contributed by atoms with Crippen molar-refractivity contribution >= 4 is 153 Å². The van der Waals surface area contributed by atoms with Crippen molar-refractivity contribution in [1.82, 2.24) is 0 Å². The van der Waals surface area contributed by atoms with Gasteiger partial charge in [0.15, 0.2) is 0 Å². The maximum atomic E-state index is 13.0. The summed E-state index contributed by atoms with van der Waals surface area (Å²) in [6, 6.07) is 0.738. The van der Waals surface area contributed by atoms with E-state index in [2.05, 4.69) is 0 Å². The molecule has 0 aromatic rings. The van der Waals surface area contributed by atoms with Gasteiger partial charge in [0, 0.05) is 0 Å². The number of carbonyl (C=O) groups excluding carboxylic acids is 12. The van der Waals surface area contributed by atoms with Crippen molar-refractivity contribution in [3.8, 4) is 0 Å². The fraction of sp³-hybridized carbons (Fsp3) is 0.357. The Kier molecular flexibility index (Phi) is 39.7. The van der Waals surface area contributed by atoms with Crippen molar-refractivity contribution in [3.05, 3.63) is 122 Å². The molecule has 0 aromatic carbocycles. The molecule has 0 heterocycles. The van der Waals surface area contributed by atoms with E-state index in [1.165, 1.54) is 72.9 Å². The Morgan fingerprint density at radius 3 is 0.388 bits per heavy atom. The van der Waals surface area contributed by atoms with Gasteiger partial charge in [-0.25, -0.2) is 0 Å². The summed E-state index contributed by atoms with van der Waals surface area (Å²) in [4.78, 5) is 156. The van der Waals surface area contributed by atoms with Crippen molar-refractivity contribution in [3.63, 3.8) is 0 Å². The molecule has 0 saturated heterocycles. The van der Waals surface area contributed by atoms with E-state index >= 15 is 0 Å². The minimum atomic E-state index is -4.81. The van der Waals surface area contributed by atoms with Crippen LogP contribution in [0.5, 0.6) is 0 Å². The van der Waals surface area contributed by atoms with Gasteiger partial charge in [0.05, 0.1) is 0 Å². The Balaban J connectivity index is 10.4. The van der Waals surface area contributed by atoms with Gasteiger partial charge in [-0.05, 0) is 0 Å². The second-order valence-corrected chi connectivity index (χ2v) is 65.8. The number of methoxy groups -OCH3 is 12. The number of carbonyl (C=O) groups is 12. The predicted octanol–water partition coefficient (Wildman–Crippen LogP) is 4.45. The normalized spacial score (nSPS) is 12.8. The molecule has 0 N–H and O–H groups in total. The molecule has 29 heteroatoms. The summed E-state index contributed by atoms with van der Waals surface area (Å²) in [6.07, 6.45) is 14.0. The van der Waals surface area contributed by atoms with Crippen LogP contribution in [0.2, 0.25) is 41.9 Å². The summed E-state index contributed by atoms with van der Waals surface area (Å²) in [7, 11) is 10.2. The quantitative estimate of drug-likeness (QED) is 0.0362. The Labute approximate surface area is 512 Å². The van der Waals surface area contributed by atoms with Gasteiger partial charge in [0.25, 0.3) is 0 Å². The third-order valence-corrected chi connectivity index (χ3v) is 63.8. The summed E-state index contributed by atoms with van der Waals surface area (Å²) in [6.45, 7) is 0. The van der Waals surface area contributed by atoms with Gasteiger partial charge in [-0.1, -0.05) is 0 Å². The molecule has 85 heavy (non-hydrogen) atoms. The maximum absolute atomic E-state index is 13.0. The summed E-state index contributed by atoms with van der Waals surface area (Å²) < 4.78 is 79.6. The van der Waals surface area contributed by atoms with Crippen LogP contribution in [-0.2, 0) is 114 Å². The summed E-state index contributed by atoms with van der Waals surface area (Å²) in [5.74, 6) is -9.44. The van der Waals surface area contributed by atoms with E-state index in [-0.39, 0.29) is 41.9 Å². The zero-order chi connectivity index (χ0) is 64.5. The Morgan fingerprint density at radius 2 is 0.306 bits per heavy atom. The van der Waals surface area contributed by atoms with Crippen LogP contribution in [0.3, 0.4) is 0 Å². The van der Waals surface area contributed by atoms with Crippen LogP contribution in [-0.4, -0.2) is 239 Å². The Hall–Kier alpha value is -6.07. The van der Waals surface area contributed by atoms with Crippen LogP contribution in [0.25, 0.3) is 0 Å². The molecule has 0 atom stereocenters. The van der Waals surface area contributed by atoms with E-state index in [0.29, 0.717) is 0 Å². The van der Waals surface area contributed by atoms with E-state index < -0.39 is 153 Å². The molecule has 0 aliphatic carbocycles. The first kappa shape index (κ1) is 78.9. The summed E-state index contributed by atoms with van der Waals surface area (Å²) >= 11 is -19.2. The first-order chi connectivity index (χ1) is 40.3. The molecule has 0 unspecified atom stereocenters. The Morgan fingerprint density at radius 1 is 0.212 bits per heavy atom. The van der Waals surface area contributed by atoms with Crippen molar-refractivity contribution in [2.45, 2.75) is 41.9 Å². The average Bonchev–Trinajstić information content (AvgIpc) is 2.92. The molecule has 0 amide bonds. The summed E-state index contributed by atoms with van der Waals surface area (Å²) in [5, 5.41) is 0. The van der Waals surface area contributed by atoms with Gasteiger partial charge in [-0.2, -0.15) is 0 Å². The van der Waals surface area contributed by atoms with Gasteiger partial charge < -0.3 is 0 Å². The molecule has 0 aromatic heterocycles. The molecule has 0 fully saturated rings. The zero-order valence-corrected chi connectivity index (χ0v) is 62.2. The first-order valence-electron chi connectivity index (χ1n) is 25.6. The third kappa shape index (κ3) is 32.3. The van der Waals surface area contributed by atoms with Gasteiger partial charge in [0.2, 0.25) is 0 Å². The van der Waals surface area contributed by atoms with Gasteiger partial charge in [0.1, 0.15) is 0 Å². The van der Waals surface area contributed by atoms with Gasteiger partial charge in [-0.15, -0.1) is 0 Å². The van der Waals surface area contributed by atoms with Crippen LogP contribution in [0, 0.1) is 0 Å². The second kappa shape index (κ2) is 42.7.